The van der Waals surface area contributed by atoms with Crippen molar-refractivity contribution in [3.8, 4) is 0 Å². The number of aliphatic hydroxyl groups excluding tert-OH is 1. The van der Waals surface area contributed by atoms with Gasteiger partial charge < -0.3 is 10.4 Å². The van der Waals surface area contributed by atoms with E-state index in [0.29, 0.717) is 12.0 Å². The Hall–Kier alpha value is -0.580. The predicted molar refractivity (Wildman–Crippen MR) is 82.0 cm³/mol. The van der Waals surface area contributed by atoms with Crippen molar-refractivity contribution in [3.63, 3.8) is 0 Å². The third-order valence-electron chi connectivity index (χ3n) is 4.41. The highest BCUT2D eigenvalue weighted by atomic mass is 35.5. The molecule has 0 aromatic carbocycles. The van der Waals surface area contributed by atoms with Crippen LogP contribution in [0.5, 0.6) is 0 Å². The molecule has 0 aliphatic heterocycles. The Morgan fingerprint density at radius 2 is 2.35 bits per heavy atom. The summed E-state index contributed by atoms with van der Waals surface area (Å²) < 4.78 is 1.92. The summed E-state index contributed by atoms with van der Waals surface area (Å²) in [4.78, 5) is 0. The summed E-state index contributed by atoms with van der Waals surface area (Å²) in [6.07, 6.45) is 6.34. The third-order valence-corrected chi connectivity index (χ3v) is 4.78. The molecule has 1 saturated carbocycles. The zero-order chi connectivity index (χ0) is 14.8. The molecule has 1 aliphatic carbocycles. The van der Waals surface area contributed by atoms with Crippen LogP contribution in [-0.2, 0) is 6.54 Å². The van der Waals surface area contributed by atoms with Crippen molar-refractivity contribution in [2.75, 3.05) is 6.61 Å². The van der Waals surface area contributed by atoms with Crippen molar-refractivity contribution in [3.05, 3.63) is 16.9 Å². The molecular weight excluding hydrogens is 274 g/mol. The first kappa shape index (κ1) is 15.8. The molecule has 0 amide bonds. The van der Waals surface area contributed by atoms with Gasteiger partial charge in [0.15, 0.2) is 0 Å². The number of aliphatic hydroxyl groups is 1. The van der Waals surface area contributed by atoms with Gasteiger partial charge in [0, 0.05) is 24.3 Å². The van der Waals surface area contributed by atoms with Crippen molar-refractivity contribution in [2.24, 2.45) is 5.92 Å². The van der Waals surface area contributed by atoms with Crippen LogP contribution in [0.2, 0.25) is 5.02 Å². The van der Waals surface area contributed by atoms with Gasteiger partial charge in [-0.3, -0.25) is 4.68 Å². The quantitative estimate of drug-likeness (QED) is 0.849. The zero-order valence-corrected chi connectivity index (χ0v) is 13.5. The molecule has 1 fully saturated rings. The fourth-order valence-corrected chi connectivity index (χ4v) is 3.63. The first-order valence-electron chi connectivity index (χ1n) is 7.55. The standard InChI is InChI=1S/C15H26ClN3O/c1-11(2)17-15(10-20)7-4-5-13(15)6-8-19-9-14(16)12(3)18-19/h9,11,13,17,20H,4-8,10H2,1-3H3. The van der Waals surface area contributed by atoms with E-state index in [1.165, 1.54) is 12.8 Å². The van der Waals surface area contributed by atoms with Crippen LogP contribution in [0.3, 0.4) is 0 Å². The molecular formula is C15H26ClN3O. The van der Waals surface area contributed by atoms with Gasteiger partial charge in [0.25, 0.3) is 0 Å². The summed E-state index contributed by atoms with van der Waals surface area (Å²) in [7, 11) is 0. The van der Waals surface area contributed by atoms with E-state index >= 15 is 0 Å². The first-order chi connectivity index (χ1) is 9.47. The number of hydrogen-bond acceptors (Lipinski definition) is 3. The fourth-order valence-electron chi connectivity index (χ4n) is 3.48. The lowest BCUT2D eigenvalue weighted by molar-refractivity contribution is 0.108. The molecule has 114 valence electrons. The Morgan fingerprint density at radius 1 is 1.60 bits per heavy atom. The largest absolute Gasteiger partial charge is 0.394 e. The molecule has 2 rings (SSSR count). The third kappa shape index (κ3) is 3.35. The second-order valence-electron chi connectivity index (χ2n) is 6.32. The molecule has 2 unspecified atom stereocenters. The van der Waals surface area contributed by atoms with E-state index in [1.807, 2.05) is 17.8 Å². The van der Waals surface area contributed by atoms with E-state index in [-0.39, 0.29) is 12.1 Å². The second kappa shape index (κ2) is 6.46. The van der Waals surface area contributed by atoms with Crippen LogP contribution >= 0.6 is 11.6 Å². The summed E-state index contributed by atoms with van der Waals surface area (Å²) in [6, 6.07) is 0.393. The van der Waals surface area contributed by atoms with Crippen molar-refractivity contribution >= 4 is 11.6 Å². The van der Waals surface area contributed by atoms with E-state index in [2.05, 4.69) is 24.3 Å². The first-order valence-corrected chi connectivity index (χ1v) is 7.93. The van der Waals surface area contributed by atoms with Gasteiger partial charge in [-0.15, -0.1) is 0 Å². The number of rotatable bonds is 6. The van der Waals surface area contributed by atoms with Gasteiger partial charge in [-0.05, 0) is 32.1 Å². The van der Waals surface area contributed by atoms with Gasteiger partial charge in [0.1, 0.15) is 0 Å². The average Bonchev–Trinajstić information content (AvgIpc) is 2.91. The van der Waals surface area contributed by atoms with Crippen molar-refractivity contribution in [1.29, 1.82) is 0 Å². The highest BCUT2D eigenvalue weighted by molar-refractivity contribution is 6.31. The topological polar surface area (TPSA) is 50.1 Å². The second-order valence-corrected chi connectivity index (χ2v) is 6.72. The summed E-state index contributed by atoms with van der Waals surface area (Å²) in [5.41, 5.74) is 0.770. The van der Waals surface area contributed by atoms with Gasteiger partial charge in [-0.25, -0.2) is 0 Å². The van der Waals surface area contributed by atoms with Crippen LogP contribution in [0, 0.1) is 12.8 Å². The lowest BCUT2D eigenvalue weighted by Gasteiger charge is -2.37. The summed E-state index contributed by atoms with van der Waals surface area (Å²) in [5, 5.41) is 18.6. The highest BCUT2D eigenvalue weighted by Gasteiger charge is 2.42. The van der Waals surface area contributed by atoms with Crippen molar-refractivity contribution in [2.45, 2.75) is 64.6 Å². The number of nitrogens with one attached hydrogen (secondary N) is 1. The Balaban J connectivity index is 2.00. The SMILES string of the molecule is Cc1nn(CCC2CCCC2(CO)NC(C)C)cc1Cl. The maximum absolute atomic E-state index is 9.88. The molecule has 2 atom stereocenters. The van der Waals surface area contributed by atoms with E-state index in [1.54, 1.807) is 0 Å². The Morgan fingerprint density at radius 3 is 2.90 bits per heavy atom. The van der Waals surface area contributed by atoms with E-state index in [9.17, 15) is 5.11 Å². The van der Waals surface area contributed by atoms with E-state index in [4.69, 9.17) is 11.6 Å². The smallest absolute Gasteiger partial charge is 0.0814 e. The van der Waals surface area contributed by atoms with Crippen LogP contribution in [0.4, 0.5) is 0 Å². The van der Waals surface area contributed by atoms with E-state index < -0.39 is 0 Å². The minimum atomic E-state index is -0.111. The lowest BCUT2D eigenvalue weighted by Crippen LogP contribution is -2.54. The summed E-state index contributed by atoms with van der Waals surface area (Å²) >= 11 is 6.04. The number of aromatic nitrogens is 2. The van der Waals surface area contributed by atoms with Crippen LogP contribution in [0.15, 0.2) is 6.20 Å². The molecule has 5 heteroatoms. The molecule has 0 saturated heterocycles. The predicted octanol–water partition coefficient (Wildman–Crippen LogP) is 2.76. The van der Waals surface area contributed by atoms with E-state index in [0.717, 1.165) is 30.1 Å². The molecule has 1 heterocycles. The number of halogens is 1. The van der Waals surface area contributed by atoms with Gasteiger partial charge >= 0.3 is 0 Å². The van der Waals surface area contributed by atoms with Crippen LogP contribution in [0.25, 0.3) is 0 Å². The molecule has 1 aliphatic rings. The molecule has 1 aromatic rings. The Kier molecular flexibility index (Phi) is 5.10. The maximum atomic E-state index is 9.88. The van der Waals surface area contributed by atoms with Crippen LogP contribution in [0.1, 0.15) is 45.2 Å². The fraction of sp³-hybridized carbons (Fsp3) is 0.800. The molecule has 0 bridgehead atoms. The Bertz CT molecular complexity index is 427. The number of hydrogen-bond donors (Lipinski definition) is 2. The van der Waals surface area contributed by atoms with Gasteiger partial charge in [0.05, 0.1) is 17.3 Å². The van der Waals surface area contributed by atoms with Gasteiger partial charge in [-0.1, -0.05) is 31.9 Å². The Labute approximate surface area is 126 Å². The normalized spacial score (nSPS) is 26.6. The molecule has 0 spiro atoms. The molecule has 2 N–H and O–H groups in total. The molecule has 20 heavy (non-hydrogen) atoms. The summed E-state index contributed by atoms with van der Waals surface area (Å²) in [6.45, 7) is 7.29. The van der Waals surface area contributed by atoms with Gasteiger partial charge in [-0.2, -0.15) is 5.10 Å². The summed E-state index contributed by atoms with van der Waals surface area (Å²) in [5.74, 6) is 0.498. The maximum Gasteiger partial charge on any atom is 0.0814 e. The van der Waals surface area contributed by atoms with Gasteiger partial charge in [0.2, 0.25) is 0 Å². The van der Waals surface area contributed by atoms with Crippen molar-refractivity contribution < 1.29 is 5.11 Å². The highest BCUT2D eigenvalue weighted by Crippen LogP contribution is 2.38. The monoisotopic (exact) mass is 299 g/mol. The zero-order valence-electron chi connectivity index (χ0n) is 12.7. The minimum Gasteiger partial charge on any atom is -0.394 e. The average molecular weight is 300 g/mol. The minimum absolute atomic E-state index is 0.111. The number of nitrogens with zero attached hydrogens (tertiary/aromatic N) is 2. The molecule has 1 aromatic heterocycles. The number of aryl methyl sites for hydroxylation is 2. The van der Waals surface area contributed by atoms with Crippen LogP contribution in [-0.4, -0.2) is 33.1 Å². The van der Waals surface area contributed by atoms with Crippen molar-refractivity contribution in [1.82, 2.24) is 15.1 Å². The molecule has 0 radical (unpaired) electrons. The lowest BCUT2D eigenvalue weighted by atomic mass is 9.84. The molecule has 4 nitrogen and oxygen atoms in total. The van der Waals surface area contributed by atoms with Crippen LogP contribution < -0.4 is 5.32 Å².